The summed E-state index contributed by atoms with van der Waals surface area (Å²) in [5, 5.41) is 13.5. The highest BCUT2D eigenvalue weighted by molar-refractivity contribution is 5.90. The maximum atomic E-state index is 11.5. The molecule has 88 valence electrons. The lowest BCUT2D eigenvalue weighted by Gasteiger charge is -2.04. The van der Waals surface area contributed by atoms with E-state index >= 15 is 0 Å². The molecule has 0 aliphatic carbocycles. The molecule has 0 radical (unpaired) electrons. The predicted octanol–water partition coefficient (Wildman–Crippen LogP) is 0.584. The first-order chi connectivity index (χ1) is 8.26. The first kappa shape index (κ1) is 11.3. The molecule has 0 aliphatic rings. The van der Waals surface area contributed by atoms with Crippen LogP contribution in [0.2, 0.25) is 0 Å². The Labute approximate surface area is 98.6 Å². The van der Waals surface area contributed by atoms with Crippen LogP contribution in [0.5, 0.6) is 0 Å². The van der Waals surface area contributed by atoms with Crippen molar-refractivity contribution in [2.75, 3.05) is 7.05 Å². The van der Waals surface area contributed by atoms with Gasteiger partial charge in [0.2, 0.25) is 5.82 Å². The van der Waals surface area contributed by atoms with Crippen LogP contribution in [0.3, 0.4) is 0 Å². The Morgan fingerprint density at radius 2 is 2.06 bits per heavy atom. The lowest BCUT2D eigenvalue weighted by Crippen LogP contribution is -2.22. The Morgan fingerprint density at radius 1 is 1.35 bits per heavy atom. The fourth-order valence-corrected chi connectivity index (χ4v) is 1.49. The number of aromatic nitrogens is 4. The molecule has 0 unspecified atom stereocenters. The van der Waals surface area contributed by atoms with E-state index in [9.17, 15) is 4.79 Å². The molecule has 0 saturated heterocycles. The Bertz CT molecular complexity index is 517. The van der Waals surface area contributed by atoms with Crippen LogP contribution in [0.25, 0.3) is 5.69 Å². The van der Waals surface area contributed by atoms with Crippen molar-refractivity contribution < 1.29 is 4.79 Å². The number of carbonyl (C=O) groups is 1. The van der Waals surface area contributed by atoms with E-state index in [1.165, 1.54) is 10.2 Å². The van der Waals surface area contributed by atoms with Gasteiger partial charge in [0.25, 0.3) is 5.91 Å². The molecule has 1 aromatic carbocycles. The quantitative estimate of drug-likeness (QED) is 0.838. The lowest BCUT2D eigenvalue weighted by atomic mass is 10.1. The van der Waals surface area contributed by atoms with E-state index in [0.717, 1.165) is 12.1 Å². The minimum atomic E-state index is -0.311. The van der Waals surface area contributed by atoms with Gasteiger partial charge in [0.05, 0.1) is 5.69 Å². The summed E-state index contributed by atoms with van der Waals surface area (Å²) in [5.41, 5.74) is 1.99. The van der Waals surface area contributed by atoms with Crippen molar-refractivity contribution in [3.8, 4) is 5.69 Å². The number of aryl methyl sites for hydroxylation is 1. The number of hydrogen-bond donors (Lipinski definition) is 1. The van der Waals surface area contributed by atoms with Gasteiger partial charge >= 0.3 is 0 Å². The molecule has 6 heteroatoms. The van der Waals surface area contributed by atoms with Crippen LogP contribution < -0.4 is 5.32 Å². The second kappa shape index (κ2) is 4.73. The molecule has 0 aliphatic heterocycles. The van der Waals surface area contributed by atoms with E-state index in [1.54, 1.807) is 7.05 Å². The summed E-state index contributed by atoms with van der Waals surface area (Å²) in [7, 11) is 1.54. The summed E-state index contributed by atoms with van der Waals surface area (Å²) in [5.74, 6) is -0.133. The zero-order valence-corrected chi connectivity index (χ0v) is 9.71. The number of benzene rings is 1. The van der Waals surface area contributed by atoms with Crippen LogP contribution in [-0.2, 0) is 6.42 Å². The van der Waals surface area contributed by atoms with Crippen LogP contribution in [0.4, 0.5) is 0 Å². The third-order valence-corrected chi connectivity index (χ3v) is 2.49. The van der Waals surface area contributed by atoms with Crippen molar-refractivity contribution in [2.24, 2.45) is 0 Å². The van der Waals surface area contributed by atoms with Crippen LogP contribution >= 0.6 is 0 Å². The van der Waals surface area contributed by atoms with Gasteiger partial charge in [0.1, 0.15) is 0 Å². The smallest absolute Gasteiger partial charge is 0.290 e. The van der Waals surface area contributed by atoms with E-state index in [-0.39, 0.29) is 11.7 Å². The topological polar surface area (TPSA) is 72.7 Å². The van der Waals surface area contributed by atoms with Crippen LogP contribution in [0, 0.1) is 0 Å². The lowest BCUT2D eigenvalue weighted by molar-refractivity contribution is 0.0950. The van der Waals surface area contributed by atoms with Gasteiger partial charge in [-0.05, 0) is 34.5 Å². The summed E-state index contributed by atoms with van der Waals surface area (Å²) in [6.07, 6.45) is 0.970. The number of nitrogens with one attached hydrogen (secondary N) is 1. The van der Waals surface area contributed by atoms with Gasteiger partial charge < -0.3 is 5.32 Å². The van der Waals surface area contributed by atoms with Crippen molar-refractivity contribution >= 4 is 5.91 Å². The van der Waals surface area contributed by atoms with Crippen molar-refractivity contribution in [1.82, 2.24) is 25.5 Å². The van der Waals surface area contributed by atoms with Crippen LogP contribution in [-0.4, -0.2) is 33.2 Å². The molecule has 0 atom stereocenters. The number of tetrazole rings is 1. The first-order valence-electron chi connectivity index (χ1n) is 5.36. The molecule has 1 heterocycles. The van der Waals surface area contributed by atoms with Gasteiger partial charge in [0.15, 0.2) is 0 Å². The summed E-state index contributed by atoms with van der Waals surface area (Å²) >= 11 is 0. The summed E-state index contributed by atoms with van der Waals surface area (Å²) < 4.78 is 1.41. The van der Waals surface area contributed by atoms with Gasteiger partial charge in [0, 0.05) is 7.05 Å². The average molecular weight is 231 g/mol. The Kier molecular flexibility index (Phi) is 3.13. The van der Waals surface area contributed by atoms with E-state index in [4.69, 9.17) is 0 Å². The highest BCUT2D eigenvalue weighted by Crippen LogP contribution is 2.10. The van der Waals surface area contributed by atoms with E-state index in [0.29, 0.717) is 0 Å². The Balaban J connectivity index is 2.39. The summed E-state index contributed by atoms with van der Waals surface area (Å²) in [6, 6.07) is 7.76. The van der Waals surface area contributed by atoms with E-state index in [1.807, 2.05) is 24.3 Å². The fourth-order valence-electron chi connectivity index (χ4n) is 1.49. The van der Waals surface area contributed by atoms with Crippen molar-refractivity contribution in [1.29, 1.82) is 0 Å². The van der Waals surface area contributed by atoms with Crippen LogP contribution in [0.15, 0.2) is 24.3 Å². The molecule has 0 bridgehead atoms. The third kappa shape index (κ3) is 2.15. The Morgan fingerprint density at radius 3 is 2.65 bits per heavy atom. The van der Waals surface area contributed by atoms with Gasteiger partial charge in [-0.2, -0.15) is 4.68 Å². The third-order valence-electron chi connectivity index (χ3n) is 2.49. The van der Waals surface area contributed by atoms with Crippen molar-refractivity contribution in [3.63, 3.8) is 0 Å². The largest absolute Gasteiger partial charge is 0.352 e. The summed E-state index contributed by atoms with van der Waals surface area (Å²) in [6.45, 7) is 2.09. The maximum absolute atomic E-state index is 11.5. The molecule has 2 rings (SSSR count). The molecular formula is C11H13N5O. The molecule has 0 fully saturated rings. The van der Waals surface area contributed by atoms with Gasteiger partial charge in [-0.25, -0.2) is 0 Å². The van der Waals surface area contributed by atoms with Crippen molar-refractivity contribution in [2.45, 2.75) is 13.3 Å². The van der Waals surface area contributed by atoms with Gasteiger partial charge in [-0.3, -0.25) is 4.79 Å². The average Bonchev–Trinajstić information content (AvgIpc) is 2.87. The number of hydrogen-bond acceptors (Lipinski definition) is 4. The summed E-state index contributed by atoms with van der Waals surface area (Å²) in [4.78, 5) is 11.5. The van der Waals surface area contributed by atoms with E-state index < -0.39 is 0 Å². The fraction of sp³-hybridized carbons (Fsp3) is 0.273. The normalized spacial score (nSPS) is 10.2. The second-order valence-electron chi connectivity index (χ2n) is 3.51. The predicted molar refractivity (Wildman–Crippen MR) is 61.9 cm³/mol. The minimum absolute atomic E-state index is 0.178. The molecule has 1 amide bonds. The number of rotatable bonds is 3. The van der Waals surface area contributed by atoms with Gasteiger partial charge in [-0.15, -0.1) is 5.10 Å². The SMILES string of the molecule is CCc1ccc(-n2nnnc2C(=O)NC)cc1. The molecule has 0 saturated carbocycles. The molecule has 1 aromatic heterocycles. The van der Waals surface area contributed by atoms with E-state index in [2.05, 4.69) is 27.8 Å². The molecule has 1 N–H and O–H groups in total. The maximum Gasteiger partial charge on any atom is 0.290 e. The molecular weight excluding hydrogens is 218 g/mol. The van der Waals surface area contributed by atoms with Gasteiger partial charge in [-0.1, -0.05) is 19.1 Å². The first-order valence-corrected chi connectivity index (χ1v) is 5.36. The zero-order valence-electron chi connectivity index (χ0n) is 9.71. The molecule has 17 heavy (non-hydrogen) atoms. The monoisotopic (exact) mass is 231 g/mol. The Hall–Kier alpha value is -2.24. The number of carbonyl (C=O) groups excluding carboxylic acids is 1. The standard InChI is InChI=1S/C11H13N5O/c1-3-8-4-6-9(7-5-8)16-10(11(17)12-2)13-14-15-16/h4-7H,3H2,1-2H3,(H,12,17). The zero-order chi connectivity index (χ0) is 12.3. The highest BCUT2D eigenvalue weighted by Gasteiger charge is 2.14. The minimum Gasteiger partial charge on any atom is -0.352 e. The molecule has 6 nitrogen and oxygen atoms in total. The molecule has 0 spiro atoms. The molecule has 2 aromatic rings. The second-order valence-corrected chi connectivity index (χ2v) is 3.51. The number of nitrogens with zero attached hydrogens (tertiary/aromatic N) is 4. The van der Waals surface area contributed by atoms with Crippen molar-refractivity contribution in [3.05, 3.63) is 35.7 Å². The van der Waals surface area contributed by atoms with Crippen LogP contribution in [0.1, 0.15) is 23.1 Å². The highest BCUT2D eigenvalue weighted by atomic mass is 16.2. The number of amides is 1.